The molecule has 0 aliphatic rings. The Kier molecular flexibility index (Phi) is 7.29. The zero-order valence-corrected chi connectivity index (χ0v) is 13.9. The van der Waals surface area contributed by atoms with Crippen LogP contribution in [0.5, 0.6) is 0 Å². The number of benzene rings is 1. The molecule has 1 aromatic carbocycles. The van der Waals surface area contributed by atoms with Crippen LogP contribution in [0.25, 0.3) is 0 Å². The van der Waals surface area contributed by atoms with Crippen molar-refractivity contribution in [2.45, 2.75) is 33.7 Å². The summed E-state index contributed by atoms with van der Waals surface area (Å²) >= 11 is 1.27. The third-order valence-electron chi connectivity index (χ3n) is 3.17. The van der Waals surface area contributed by atoms with Crippen molar-refractivity contribution in [2.75, 3.05) is 18.1 Å². The van der Waals surface area contributed by atoms with Gasteiger partial charge in [-0.2, -0.15) is 0 Å². The fourth-order valence-corrected chi connectivity index (χ4v) is 2.45. The van der Waals surface area contributed by atoms with Crippen molar-refractivity contribution in [1.29, 1.82) is 0 Å². The summed E-state index contributed by atoms with van der Waals surface area (Å²) in [7, 11) is 0. The minimum Gasteiger partial charge on any atom is -0.465 e. The molecule has 0 bridgehead atoms. The van der Waals surface area contributed by atoms with Gasteiger partial charge in [-0.3, -0.25) is 9.59 Å². The number of hydrogen-bond donors (Lipinski definition) is 1. The molecule has 0 saturated carbocycles. The van der Waals surface area contributed by atoms with E-state index in [0.29, 0.717) is 6.61 Å². The first-order valence-electron chi connectivity index (χ1n) is 7.04. The molecule has 0 heterocycles. The van der Waals surface area contributed by atoms with Crippen LogP contribution in [0.1, 0.15) is 36.6 Å². The van der Waals surface area contributed by atoms with Crippen LogP contribution in [0.4, 0.5) is 0 Å². The van der Waals surface area contributed by atoms with Crippen molar-refractivity contribution >= 4 is 23.6 Å². The van der Waals surface area contributed by atoms with Crippen molar-refractivity contribution in [2.24, 2.45) is 0 Å². The van der Waals surface area contributed by atoms with Crippen molar-refractivity contribution in [3.63, 3.8) is 0 Å². The first-order chi connectivity index (χ1) is 9.93. The van der Waals surface area contributed by atoms with E-state index in [9.17, 15) is 9.59 Å². The summed E-state index contributed by atoms with van der Waals surface area (Å²) in [6, 6.07) is 6.13. The summed E-state index contributed by atoms with van der Waals surface area (Å²) in [6.45, 7) is 8.21. The summed E-state index contributed by atoms with van der Waals surface area (Å²) in [5.41, 5.74) is 3.54. The van der Waals surface area contributed by atoms with Gasteiger partial charge in [-0.05, 0) is 44.4 Å². The SMILES string of the molecule is CCOC(=O)CSCC(=O)NC(C)c1ccc(C)c(C)c1. The zero-order chi connectivity index (χ0) is 15.8. The Hall–Kier alpha value is -1.49. The molecule has 1 aromatic rings. The zero-order valence-electron chi connectivity index (χ0n) is 13.1. The van der Waals surface area contributed by atoms with Gasteiger partial charge in [0.05, 0.1) is 24.2 Å². The number of thioether (sulfide) groups is 1. The Morgan fingerprint density at radius 2 is 1.95 bits per heavy atom. The quantitative estimate of drug-likeness (QED) is 0.787. The van der Waals surface area contributed by atoms with Gasteiger partial charge in [0.2, 0.25) is 5.91 Å². The van der Waals surface area contributed by atoms with Crippen molar-refractivity contribution in [3.05, 3.63) is 34.9 Å². The molecule has 0 aromatic heterocycles. The molecule has 1 atom stereocenters. The third-order valence-corrected chi connectivity index (χ3v) is 4.07. The van der Waals surface area contributed by atoms with Crippen LogP contribution in [-0.2, 0) is 14.3 Å². The summed E-state index contributed by atoms with van der Waals surface area (Å²) in [5.74, 6) is 0.111. The Balaban J connectivity index is 2.40. The summed E-state index contributed by atoms with van der Waals surface area (Å²) in [5, 5.41) is 2.94. The topological polar surface area (TPSA) is 55.4 Å². The highest BCUT2D eigenvalue weighted by Gasteiger charge is 2.11. The molecule has 1 amide bonds. The van der Waals surface area contributed by atoms with E-state index in [4.69, 9.17) is 4.74 Å². The smallest absolute Gasteiger partial charge is 0.315 e. The second-order valence-electron chi connectivity index (χ2n) is 4.93. The molecule has 0 radical (unpaired) electrons. The second-order valence-corrected chi connectivity index (χ2v) is 5.92. The lowest BCUT2D eigenvalue weighted by molar-refractivity contribution is -0.139. The number of rotatable bonds is 7. The Morgan fingerprint density at radius 3 is 2.57 bits per heavy atom. The van der Waals surface area contributed by atoms with Gasteiger partial charge in [-0.1, -0.05) is 18.2 Å². The average Bonchev–Trinajstić information content (AvgIpc) is 2.42. The largest absolute Gasteiger partial charge is 0.465 e. The van der Waals surface area contributed by atoms with E-state index in [1.54, 1.807) is 6.92 Å². The third kappa shape index (κ3) is 6.21. The van der Waals surface area contributed by atoms with Crippen LogP contribution in [-0.4, -0.2) is 30.0 Å². The Labute approximate surface area is 130 Å². The highest BCUT2D eigenvalue weighted by atomic mass is 32.2. The molecule has 1 N–H and O–H groups in total. The molecule has 4 nitrogen and oxygen atoms in total. The number of esters is 1. The fourth-order valence-electron chi connectivity index (χ4n) is 1.83. The number of carbonyl (C=O) groups excluding carboxylic acids is 2. The van der Waals surface area contributed by atoms with E-state index in [0.717, 1.165) is 5.56 Å². The number of hydrogen-bond acceptors (Lipinski definition) is 4. The van der Waals surface area contributed by atoms with Crippen LogP contribution in [0.3, 0.4) is 0 Å². The molecule has 5 heteroatoms. The molecule has 21 heavy (non-hydrogen) atoms. The van der Waals surface area contributed by atoms with Crippen LogP contribution < -0.4 is 5.32 Å². The minimum absolute atomic E-state index is 0.0417. The Morgan fingerprint density at radius 1 is 1.24 bits per heavy atom. The maximum Gasteiger partial charge on any atom is 0.315 e. The molecule has 1 unspecified atom stereocenters. The predicted molar refractivity (Wildman–Crippen MR) is 86.4 cm³/mol. The van der Waals surface area contributed by atoms with Gasteiger partial charge in [0.25, 0.3) is 0 Å². The van der Waals surface area contributed by atoms with Gasteiger partial charge >= 0.3 is 5.97 Å². The number of carbonyl (C=O) groups is 2. The molecule has 1 rings (SSSR count). The van der Waals surface area contributed by atoms with Crippen LogP contribution in [0.15, 0.2) is 18.2 Å². The van der Waals surface area contributed by atoms with Crippen molar-refractivity contribution < 1.29 is 14.3 Å². The normalized spacial score (nSPS) is 11.8. The minimum atomic E-state index is -0.280. The molecular formula is C16H23NO3S. The average molecular weight is 309 g/mol. The molecule has 116 valence electrons. The van der Waals surface area contributed by atoms with E-state index in [2.05, 4.69) is 31.3 Å². The fraction of sp³-hybridized carbons (Fsp3) is 0.500. The van der Waals surface area contributed by atoms with E-state index in [1.165, 1.54) is 22.9 Å². The van der Waals surface area contributed by atoms with Gasteiger partial charge in [-0.25, -0.2) is 0 Å². The lowest BCUT2D eigenvalue weighted by atomic mass is 10.0. The van der Waals surface area contributed by atoms with Gasteiger partial charge in [0, 0.05) is 0 Å². The maximum atomic E-state index is 11.8. The predicted octanol–water partition coefficient (Wildman–Crippen LogP) is 2.78. The molecule has 0 aliphatic carbocycles. The lowest BCUT2D eigenvalue weighted by Crippen LogP contribution is -2.28. The van der Waals surface area contributed by atoms with Crippen molar-refractivity contribution in [3.8, 4) is 0 Å². The summed E-state index contributed by atoms with van der Waals surface area (Å²) in [6.07, 6.45) is 0. The maximum absolute atomic E-state index is 11.8. The highest BCUT2D eigenvalue weighted by Crippen LogP contribution is 2.16. The number of ether oxygens (including phenoxy) is 1. The van der Waals surface area contributed by atoms with E-state index in [1.807, 2.05) is 13.0 Å². The lowest BCUT2D eigenvalue weighted by Gasteiger charge is -2.15. The molecular weight excluding hydrogens is 286 g/mol. The number of amides is 1. The van der Waals surface area contributed by atoms with Crippen molar-refractivity contribution in [1.82, 2.24) is 5.32 Å². The standard InChI is InChI=1S/C16H23NO3S/c1-5-20-16(19)10-21-9-15(18)17-13(4)14-7-6-11(2)12(3)8-14/h6-8,13H,5,9-10H2,1-4H3,(H,17,18). The van der Waals surface area contributed by atoms with Crippen LogP contribution >= 0.6 is 11.8 Å². The number of aryl methyl sites for hydroxylation is 2. The summed E-state index contributed by atoms with van der Waals surface area (Å²) < 4.78 is 4.81. The van der Waals surface area contributed by atoms with Gasteiger partial charge in [0.1, 0.15) is 0 Å². The second kappa shape index (κ2) is 8.72. The number of nitrogens with one attached hydrogen (secondary N) is 1. The highest BCUT2D eigenvalue weighted by molar-refractivity contribution is 8.00. The summed E-state index contributed by atoms with van der Waals surface area (Å²) in [4.78, 5) is 23.0. The molecule has 0 saturated heterocycles. The molecule has 0 aliphatic heterocycles. The Bertz CT molecular complexity index is 502. The molecule has 0 fully saturated rings. The van der Waals surface area contributed by atoms with E-state index in [-0.39, 0.29) is 29.4 Å². The van der Waals surface area contributed by atoms with Crippen LogP contribution in [0, 0.1) is 13.8 Å². The van der Waals surface area contributed by atoms with E-state index >= 15 is 0 Å². The van der Waals surface area contributed by atoms with E-state index < -0.39 is 0 Å². The monoisotopic (exact) mass is 309 g/mol. The first-order valence-corrected chi connectivity index (χ1v) is 8.19. The van der Waals surface area contributed by atoms with Gasteiger partial charge in [0.15, 0.2) is 0 Å². The van der Waals surface area contributed by atoms with Crippen LogP contribution in [0.2, 0.25) is 0 Å². The first kappa shape index (κ1) is 17.6. The van der Waals surface area contributed by atoms with Gasteiger partial charge < -0.3 is 10.1 Å². The van der Waals surface area contributed by atoms with Gasteiger partial charge in [-0.15, -0.1) is 11.8 Å². The molecule has 0 spiro atoms.